The second-order valence-electron chi connectivity index (χ2n) is 4.38. The number of rotatable bonds is 5. The molecule has 19 heavy (non-hydrogen) atoms. The minimum absolute atomic E-state index is 0.272. The third-order valence-electron chi connectivity index (χ3n) is 3.07. The highest BCUT2D eigenvalue weighted by atomic mass is 32.2. The van der Waals surface area contributed by atoms with Gasteiger partial charge in [0.25, 0.3) is 0 Å². The van der Waals surface area contributed by atoms with E-state index in [1.807, 2.05) is 18.2 Å². The molecule has 0 spiro atoms. The van der Waals surface area contributed by atoms with Crippen molar-refractivity contribution in [2.75, 3.05) is 13.7 Å². The van der Waals surface area contributed by atoms with Gasteiger partial charge >= 0.3 is 0 Å². The summed E-state index contributed by atoms with van der Waals surface area (Å²) in [5.74, 6) is 0.880. The maximum absolute atomic E-state index is 5.94. The van der Waals surface area contributed by atoms with Crippen molar-refractivity contribution in [3.63, 3.8) is 0 Å². The number of ether oxygens (including phenoxy) is 1. The second-order valence-corrected chi connectivity index (χ2v) is 5.65. The molecule has 1 atom stereocenters. The maximum Gasteiger partial charge on any atom is 0.119 e. The SMILES string of the molecule is COc1cccc(SC(CN)c2ccccc2C)c1. The van der Waals surface area contributed by atoms with Crippen molar-refractivity contribution < 1.29 is 4.74 Å². The van der Waals surface area contributed by atoms with E-state index in [4.69, 9.17) is 10.5 Å². The van der Waals surface area contributed by atoms with Crippen molar-refractivity contribution in [1.29, 1.82) is 0 Å². The Kier molecular flexibility index (Phi) is 4.88. The van der Waals surface area contributed by atoms with Crippen molar-refractivity contribution in [3.05, 3.63) is 59.7 Å². The molecule has 0 amide bonds. The highest BCUT2D eigenvalue weighted by molar-refractivity contribution is 7.99. The first-order chi connectivity index (χ1) is 9.24. The zero-order chi connectivity index (χ0) is 13.7. The zero-order valence-electron chi connectivity index (χ0n) is 11.3. The summed E-state index contributed by atoms with van der Waals surface area (Å²) in [5, 5.41) is 0.272. The first kappa shape index (κ1) is 14.0. The number of nitrogens with two attached hydrogens (primary N) is 1. The summed E-state index contributed by atoms with van der Waals surface area (Å²) in [7, 11) is 1.69. The van der Waals surface area contributed by atoms with Crippen LogP contribution in [0.15, 0.2) is 53.4 Å². The molecule has 0 bridgehead atoms. The third kappa shape index (κ3) is 3.52. The number of aryl methyl sites for hydroxylation is 1. The molecule has 0 heterocycles. The average Bonchev–Trinajstić information content (AvgIpc) is 2.46. The summed E-state index contributed by atoms with van der Waals surface area (Å²) in [4.78, 5) is 1.18. The van der Waals surface area contributed by atoms with E-state index in [1.54, 1.807) is 18.9 Å². The molecule has 0 aromatic heterocycles. The first-order valence-electron chi connectivity index (χ1n) is 6.31. The molecular formula is C16H19NOS. The van der Waals surface area contributed by atoms with Gasteiger partial charge in [-0.1, -0.05) is 30.3 Å². The van der Waals surface area contributed by atoms with Gasteiger partial charge in [-0.25, -0.2) is 0 Å². The van der Waals surface area contributed by atoms with Crippen LogP contribution in [0.25, 0.3) is 0 Å². The predicted molar refractivity (Wildman–Crippen MR) is 81.8 cm³/mol. The van der Waals surface area contributed by atoms with Crippen LogP contribution in [0.4, 0.5) is 0 Å². The molecule has 0 aliphatic carbocycles. The van der Waals surface area contributed by atoms with E-state index in [1.165, 1.54) is 16.0 Å². The Hall–Kier alpha value is -1.45. The lowest BCUT2D eigenvalue weighted by atomic mass is 10.1. The molecule has 3 heteroatoms. The fourth-order valence-electron chi connectivity index (χ4n) is 2.03. The fraction of sp³-hybridized carbons (Fsp3) is 0.250. The van der Waals surface area contributed by atoms with Crippen LogP contribution in [0, 0.1) is 6.92 Å². The number of thioether (sulfide) groups is 1. The Labute approximate surface area is 119 Å². The van der Waals surface area contributed by atoms with Crippen LogP contribution in [0.1, 0.15) is 16.4 Å². The van der Waals surface area contributed by atoms with Crippen LogP contribution < -0.4 is 10.5 Å². The largest absolute Gasteiger partial charge is 0.497 e. The zero-order valence-corrected chi connectivity index (χ0v) is 12.1. The molecule has 100 valence electrons. The number of benzene rings is 2. The first-order valence-corrected chi connectivity index (χ1v) is 7.19. The summed E-state index contributed by atoms with van der Waals surface area (Å²) >= 11 is 1.78. The summed E-state index contributed by atoms with van der Waals surface area (Å²) < 4.78 is 5.25. The van der Waals surface area contributed by atoms with Gasteiger partial charge in [-0.15, -0.1) is 11.8 Å². The molecular weight excluding hydrogens is 254 g/mol. The van der Waals surface area contributed by atoms with E-state index in [0.29, 0.717) is 6.54 Å². The van der Waals surface area contributed by atoms with Gasteiger partial charge in [0, 0.05) is 16.7 Å². The monoisotopic (exact) mass is 273 g/mol. The van der Waals surface area contributed by atoms with Gasteiger partial charge in [0.15, 0.2) is 0 Å². The van der Waals surface area contributed by atoms with Crippen LogP contribution in [0.3, 0.4) is 0 Å². The summed E-state index contributed by atoms with van der Waals surface area (Å²) in [5.41, 5.74) is 8.53. The molecule has 1 unspecified atom stereocenters. The topological polar surface area (TPSA) is 35.2 Å². The molecule has 0 saturated carbocycles. The van der Waals surface area contributed by atoms with Crippen molar-refractivity contribution in [1.82, 2.24) is 0 Å². The highest BCUT2D eigenvalue weighted by Crippen LogP contribution is 2.36. The van der Waals surface area contributed by atoms with Gasteiger partial charge in [0.2, 0.25) is 0 Å². The summed E-state index contributed by atoms with van der Waals surface area (Å²) in [6, 6.07) is 16.5. The second kappa shape index (κ2) is 6.64. The van der Waals surface area contributed by atoms with E-state index in [9.17, 15) is 0 Å². The standard InChI is InChI=1S/C16H19NOS/c1-12-6-3-4-9-15(12)16(11-17)19-14-8-5-7-13(10-14)18-2/h3-10,16H,11,17H2,1-2H3. The Morgan fingerprint density at radius 2 is 1.95 bits per heavy atom. The predicted octanol–water partition coefficient (Wildman–Crippen LogP) is 3.80. The van der Waals surface area contributed by atoms with Crippen molar-refractivity contribution in [2.45, 2.75) is 17.1 Å². The van der Waals surface area contributed by atoms with Crippen LogP contribution >= 0.6 is 11.8 Å². The van der Waals surface area contributed by atoms with Crippen molar-refractivity contribution >= 4 is 11.8 Å². The van der Waals surface area contributed by atoms with Crippen LogP contribution in [-0.2, 0) is 0 Å². The molecule has 2 rings (SSSR count). The van der Waals surface area contributed by atoms with Crippen molar-refractivity contribution in [3.8, 4) is 5.75 Å². The average molecular weight is 273 g/mol. The Balaban J connectivity index is 2.21. The molecule has 2 aromatic rings. The van der Waals surface area contributed by atoms with Gasteiger partial charge in [0.05, 0.1) is 7.11 Å². The number of methoxy groups -OCH3 is 1. The van der Waals surface area contributed by atoms with Crippen molar-refractivity contribution in [2.24, 2.45) is 5.73 Å². The molecule has 0 aliphatic heterocycles. The van der Waals surface area contributed by atoms with Gasteiger partial charge in [-0.2, -0.15) is 0 Å². The molecule has 0 aliphatic rings. The molecule has 2 N–H and O–H groups in total. The van der Waals surface area contributed by atoms with Gasteiger partial charge in [-0.05, 0) is 36.2 Å². The molecule has 2 nitrogen and oxygen atoms in total. The third-order valence-corrected chi connectivity index (χ3v) is 4.33. The number of hydrogen-bond donors (Lipinski definition) is 1. The van der Waals surface area contributed by atoms with E-state index < -0.39 is 0 Å². The quantitative estimate of drug-likeness (QED) is 0.842. The van der Waals surface area contributed by atoms with Gasteiger partial charge in [-0.3, -0.25) is 0 Å². The minimum Gasteiger partial charge on any atom is -0.497 e. The Morgan fingerprint density at radius 3 is 2.63 bits per heavy atom. The minimum atomic E-state index is 0.272. The smallest absolute Gasteiger partial charge is 0.119 e. The number of hydrogen-bond acceptors (Lipinski definition) is 3. The Morgan fingerprint density at radius 1 is 1.16 bits per heavy atom. The normalized spacial score (nSPS) is 12.2. The molecule has 2 aromatic carbocycles. The van der Waals surface area contributed by atoms with Crippen LogP contribution in [-0.4, -0.2) is 13.7 Å². The maximum atomic E-state index is 5.94. The lowest BCUT2D eigenvalue weighted by Gasteiger charge is -2.17. The molecule has 0 saturated heterocycles. The molecule has 0 radical (unpaired) electrons. The van der Waals surface area contributed by atoms with Gasteiger partial charge in [0.1, 0.15) is 5.75 Å². The van der Waals surface area contributed by atoms with E-state index in [-0.39, 0.29) is 5.25 Å². The van der Waals surface area contributed by atoms with E-state index >= 15 is 0 Å². The van der Waals surface area contributed by atoms with Gasteiger partial charge < -0.3 is 10.5 Å². The molecule has 0 fully saturated rings. The van der Waals surface area contributed by atoms with E-state index in [2.05, 4.69) is 37.3 Å². The lowest BCUT2D eigenvalue weighted by molar-refractivity contribution is 0.413. The van der Waals surface area contributed by atoms with Crippen LogP contribution in [0.5, 0.6) is 5.75 Å². The highest BCUT2D eigenvalue weighted by Gasteiger charge is 2.13. The summed E-state index contributed by atoms with van der Waals surface area (Å²) in [6.07, 6.45) is 0. The van der Waals surface area contributed by atoms with Crippen LogP contribution in [0.2, 0.25) is 0 Å². The fourth-order valence-corrected chi connectivity index (χ4v) is 3.18. The lowest BCUT2D eigenvalue weighted by Crippen LogP contribution is -2.10. The summed E-state index contributed by atoms with van der Waals surface area (Å²) in [6.45, 7) is 2.75. The van der Waals surface area contributed by atoms with E-state index in [0.717, 1.165) is 5.75 Å². The Bertz CT molecular complexity index is 542.